The summed E-state index contributed by atoms with van der Waals surface area (Å²) < 4.78 is 13.2. The molecule has 1 aromatic carbocycles. The van der Waals surface area contributed by atoms with Crippen molar-refractivity contribution in [2.24, 2.45) is 0 Å². The normalized spacial score (nSPS) is 11.1. The van der Waals surface area contributed by atoms with Crippen LogP contribution in [0.5, 0.6) is 0 Å². The second kappa shape index (κ2) is 5.46. The van der Waals surface area contributed by atoms with E-state index in [-0.39, 0.29) is 5.82 Å². The molecule has 0 spiro atoms. The molecule has 96 valence electrons. The molecule has 2 N–H and O–H groups in total. The number of benzene rings is 1. The Hall–Kier alpha value is -1.46. The van der Waals surface area contributed by atoms with Gasteiger partial charge in [0.25, 0.3) is 0 Å². The van der Waals surface area contributed by atoms with Gasteiger partial charge in [0.05, 0.1) is 11.2 Å². The average molecular weight is 265 g/mol. The summed E-state index contributed by atoms with van der Waals surface area (Å²) in [5.41, 5.74) is 10.2. The molecule has 0 amide bonds. The number of nitrogens with zero attached hydrogens (tertiary/aromatic N) is 2. The summed E-state index contributed by atoms with van der Waals surface area (Å²) in [6, 6.07) is 4.48. The second-order valence-corrected chi connectivity index (χ2v) is 5.32. The van der Waals surface area contributed by atoms with Gasteiger partial charge in [-0.1, -0.05) is 0 Å². The van der Waals surface area contributed by atoms with Gasteiger partial charge in [0.2, 0.25) is 0 Å². The highest BCUT2D eigenvalue weighted by Gasteiger charge is 2.08. The monoisotopic (exact) mass is 265 g/mol. The third kappa shape index (κ3) is 3.05. The maximum atomic E-state index is 13.2. The number of anilines is 1. The number of aryl methyl sites for hydroxylation is 1. The van der Waals surface area contributed by atoms with Crippen LogP contribution in [0, 0.1) is 12.7 Å². The molecule has 0 aliphatic carbocycles. The molecule has 0 aliphatic heterocycles. The summed E-state index contributed by atoms with van der Waals surface area (Å²) in [6.07, 6.45) is 0. The molecule has 0 saturated heterocycles. The van der Waals surface area contributed by atoms with Crippen LogP contribution in [-0.4, -0.2) is 16.9 Å². The standard InChI is InChI=1S/C13H16FN3S/c1-9-13(18-8-16-9)7-17(2)6-10-5-11(14)3-4-12(10)15/h3-5,8H,6-7,15H2,1-2H3. The maximum Gasteiger partial charge on any atom is 0.123 e. The molecule has 0 radical (unpaired) electrons. The van der Waals surface area contributed by atoms with Gasteiger partial charge in [-0.05, 0) is 37.7 Å². The number of hydrogen-bond donors (Lipinski definition) is 1. The first-order chi connectivity index (χ1) is 8.56. The van der Waals surface area contributed by atoms with Crippen LogP contribution in [0.1, 0.15) is 16.1 Å². The molecule has 0 saturated carbocycles. The minimum atomic E-state index is -0.249. The van der Waals surface area contributed by atoms with Gasteiger partial charge >= 0.3 is 0 Å². The molecule has 5 heteroatoms. The third-order valence-electron chi connectivity index (χ3n) is 2.80. The first-order valence-electron chi connectivity index (χ1n) is 5.67. The first kappa shape index (κ1) is 13.0. The number of nitrogens with two attached hydrogens (primary N) is 1. The zero-order chi connectivity index (χ0) is 13.1. The van der Waals surface area contributed by atoms with Gasteiger partial charge in [-0.3, -0.25) is 4.90 Å². The zero-order valence-corrected chi connectivity index (χ0v) is 11.3. The van der Waals surface area contributed by atoms with Crippen molar-refractivity contribution < 1.29 is 4.39 Å². The molecule has 0 atom stereocenters. The van der Waals surface area contributed by atoms with Gasteiger partial charge in [0, 0.05) is 23.7 Å². The van der Waals surface area contributed by atoms with E-state index in [2.05, 4.69) is 9.88 Å². The lowest BCUT2D eigenvalue weighted by Gasteiger charge is -2.17. The molecule has 1 heterocycles. The predicted octanol–water partition coefficient (Wildman–Crippen LogP) is 2.80. The lowest BCUT2D eigenvalue weighted by atomic mass is 10.1. The molecule has 2 aromatic rings. The first-order valence-corrected chi connectivity index (χ1v) is 6.55. The maximum absolute atomic E-state index is 13.2. The van der Waals surface area contributed by atoms with Gasteiger partial charge in [0.15, 0.2) is 0 Å². The quantitative estimate of drug-likeness (QED) is 0.864. The van der Waals surface area contributed by atoms with Gasteiger partial charge in [-0.2, -0.15) is 0 Å². The van der Waals surface area contributed by atoms with E-state index in [1.165, 1.54) is 17.0 Å². The van der Waals surface area contributed by atoms with Crippen LogP contribution in [0.3, 0.4) is 0 Å². The van der Waals surface area contributed by atoms with Gasteiger partial charge in [-0.25, -0.2) is 9.37 Å². The Balaban J connectivity index is 2.05. The predicted molar refractivity (Wildman–Crippen MR) is 72.8 cm³/mol. The number of rotatable bonds is 4. The number of nitrogen functional groups attached to an aromatic ring is 1. The van der Waals surface area contributed by atoms with E-state index in [0.717, 1.165) is 17.8 Å². The van der Waals surface area contributed by atoms with Gasteiger partial charge < -0.3 is 5.73 Å². The van der Waals surface area contributed by atoms with Crippen LogP contribution in [0.25, 0.3) is 0 Å². The second-order valence-electron chi connectivity index (χ2n) is 4.38. The Morgan fingerprint density at radius 3 is 2.83 bits per heavy atom. The van der Waals surface area contributed by atoms with Crippen molar-refractivity contribution in [2.45, 2.75) is 20.0 Å². The van der Waals surface area contributed by atoms with Crippen LogP contribution in [0.4, 0.5) is 10.1 Å². The van der Waals surface area contributed by atoms with E-state index < -0.39 is 0 Å². The largest absolute Gasteiger partial charge is 0.398 e. The lowest BCUT2D eigenvalue weighted by molar-refractivity contribution is 0.321. The van der Waals surface area contributed by atoms with Crippen LogP contribution < -0.4 is 5.73 Å². The minimum absolute atomic E-state index is 0.249. The molecular formula is C13H16FN3S. The molecule has 3 nitrogen and oxygen atoms in total. The summed E-state index contributed by atoms with van der Waals surface area (Å²) in [7, 11) is 1.99. The molecule has 0 bridgehead atoms. The Morgan fingerprint density at radius 2 is 2.17 bits per heavy atom. The molecule has 0 aliphatic rings. The average Bonchev–Trinajstić information content (AvgIpc) is 2.70. The van der Waals surface area contributed by atoms with Crippen LogP contribution in [-0.2, 0) is 13.1 Å². The third-order valence-corrected chi connectivity index (χ3v) is 3.72. The SMILES string of the molecule is Cc1ncsc1CN(C)Cc1cc(F)ccc1N. The lowest BCUT2D eigenvalue weighted by Crippen LogP contribution is -2.18. The Labute approximate surface area is 110 Å². The summed E-state index contributed by atoms with van der Waals surface area (Å²) in [6.45, 7) is 3.42. The van der Waals surface area contributed by atoms with Crippen LogP contribution in [0.2, 0.25) is 0 Å². The molecule has 0 unspecified atom stereocenters. The molecule has 18 heavy (non-hydrogen) atoms. The summed E-state index contributed by atoms with van der Waals surface area (Å²) >= 11 is 1.64. The van der Waals surface area contributed by atoms with Crippen molar-refractivity contribution >= 4 is 17.0 Å². The fourth-order valence-corrected chi connectivity index (χ4v) is 2.64. The highest BCUT2D eigenvalue weighted by molar-refractivity contribution is 7.09. The van der Waals surface area contributed by atoms with E-state index >= 15 is 0 Å². The smallest absolute Gasteiger partial charge is 0.123 e. The number of halogens is 1. The Morgan fingerprint density at radius 1 is 1.39 bits per heavy atom. The Bertz CT molecular complexity index is 539. The molecule has 0 fully saturated rings. The van der Waals surface area contributed by atoms with Crippen LogP contribution >= 0.6 is 11.3 Å². The van der Waals surface area contributed by atoms with Crippen molar-refractivity contribution in [1.82, 2.24) is 9.88 Å². The van der Waals surface area contributed by atoms with E-state index in [0.29, 0.717) is 12.2 Å². The highest BCUT2D eigenvalue weighted by Crippen LogP contribution is 2.18. The summed E-state index contributed by atoms with van der Waals surface area (Å²) in [5, 5.41) is 0. The number of aromatic nitrogens is 1. The fourth-order valence-electron chi connectivity index (χ4n) is 1.78. The van der Waals surface area contributed by atoms with Crippen molar-refractivity contribution in [1.29, 1.82) is 0 Å². The topological polar surface area (TPSA) is 42.2 Å². The molecule has 1 aromatic heterocycles. The van der Waals surface area contributed by atoms with Crippen molar-refractivity contribution in [3.63, 3.8) is 0 Å². The fraction of sp³-hybridized carbons (Fsp3) is 0.308. The van der Waals surface area contributed by atoms with Gasteiger partial charge in [0.1, 0.15) is 5.82 Å². The van der Waals surface area contributed by atoms with E-state index in [4.69, 9.17) is 5.73 Å². The minimum Gasteiger partial charge on any atom is -0.398 e. The molecular weight excluding hydrogens is 249 g/mol. The van der Waals surface area contributed by atoms with Crippen molar-refractivity contribution in [3.8, 4) is 0 Å². The van der Waals surface area contributed by atoms with Crippen molar-refractivity contribution in [2.75, 3.05) is 12.8 Å². The van der Waals surface area contributed by atoms with Crippen molar-refractivity contribution in [3.05, 3.63) is 45.7 Å². The van der Waals surface area contributed by atoms with E-state index in [9.17, 15) is 4.39 Å². The molecule has 2 rings (SSSR count). The highest BCUT2D eigenvalue weighted by atomic mass is 32.1. The summed E-state index contributed by atoms with van der Waals surface area (Å²) in [4.78, 5) is 7.55. The van der Waals surface area contributed by atoms with Crippen LogP contribution in [0.15, 0.2) is 23.7 Å². The van der Waals surface area contributed by atoms with Gasteiger partial charge in [-0.15, -0.1) is 11.3 Å². The zero-order valence-electron chi connectivity index (χ0n) is 10.5. The number of thiazole rings is 1. The summed E-state index contributed by atoms with van der Waals surface area (Å²) in [5.74, 6) is -0.249. The Kier molecular flexibility index (Phi) is 3.93. The van der Waals surface area contributed by atoms with E-state index in [1.807, 2.05) is 19.5 Å². The number of hydrogen-bond acceptors (Lipinski definition) is 4. The van der Waals surface area contributed by atoms with E-state index in [1.54, 1.807) is 17.4 Å².